The average molecular weight is 356 g/mol. The van der Waals surface area contributed by atoms with Crippen LogP contribution in [-0.2, 0) is 9.53 Å². The number of hydrogen-bond acceptors (Lipinski definition) is 5. The molecule has 1 fully saturated rings. The minimum atomic E-state index is -0.159. The van der Waals surface area contributed by atoms with Crippen molar-refractivity contribution in [3.63, 3.8) is 0 Å². The number of benzene rings is 1. The van der Waals surface area contributed by atoms with Crippen LogP contribution in [0.2, 0.25) is 0 Å². The minimum Gasteiger partial charge on any atom is -0.466 e. The normalized spacial score (nSPS) is 17.6. The molecule has 0 radical (unpaired) electrons. The number of rotatable bonds is 4. The summed E-state index contributed by atoms with van der Waals surface area (Å²) in [5.74, 6) is 0.130. The highest BCUT2D eigenvalue weighted by Gasteiger charge is 2.30. The summed E-state index contributed by atoms with van der Waals surface area (Å²) in [5.41, 5.74) is 1.93. The van der Waals surface area contributed by atoms with Crippen LogP contribution in [0.1, 0.15) is 42.3 Å². The molecule has 0 bridgehead atoms. The molecule has 0 N–H and O–H groups in total. The topological polar surface area (TPSA) is 72.6 Å². The van der Waals surface area contributed by atoms with E-state index in [0.29, 0.717) is 43.1 Å². The molecule has 1 aliphatic heterocycles. The van der Waals surface area contributed by atoms with Crippen molar-refractivity contribution in [1.29, 1.82) is 0 Å². The molecule has 2 heterocycles. The van der Waals surface area contributed by atoms with E-state index < -0.39 is 0 Å². The molecule has 1 atom stereocenters. The summed E-state index contributed by atoms with van der Waals surface area (Å²) in [6.07, 6.45) is 2.15. The molecular formula is C20H24N2O4. The molecule has 26 heavy (non-hydrogen) atoms. The molecule has 1 aromatic heterocycles. The fourth-order valence-corrected chi connectivity index (χ4v) is 3.37. The fourth-order valence-electron chi connectivity index (χ4n) is 3.37. The van der Waals surface area contributed by atoms with Gasteiger partial charge in [0.05, 0.1) is 12.5 Å². The minimum absolute atomic E-state index is 0.0906. The first-order valence-electron chi connectivity index (χ1n) is 9.09. The van der Waals surface area contributed by atoms with E-state index in [2.05, 4.69) is 5.16 Å². The van der Waals surface area contributed by atoms with Crippen molar-refractivity contribution in [3.05, 3.63) is 41.7 Å². The Bertz CT molecular complexity index is 769. The Morgan fingerprint density at radius 2 is 2.00 bits per heavy atom. The first kappa shape index (κ1) is 18.2. The average Bonchev–Trinajstić information content (AvgIpc) is 2.88. The summed E-state index contributed by atoms with van der Waals surface area (Å²) in [7, 11) is 0. The number of hydrogen-bond donors (Lipinski definition) is 0. The number of carbonyl (C=O) groups is 2. The number of aryl methyl sites for hydroxylation is 1. The maximum atomic E-state index is 13.1. The van der Waals surface area contributed by atoms with Gasteiger partial charge >= 0.3 is 5.97 Å². The number of carbonyl (C=O) groups excluding carboxylic acids is 2. The van der Waals surface area contributed by atoms with Gasteiger partial charge in [-0.25, -0.2) is 0 Å². The smallest absolute Gasteiger partial charge is 0.308 e. The molecule has 3 rings (SSSR count). The lowest BCUT2D eigenvalue weighted by Crippen LogP contribution is -2.33. The van der Waals surface area contributed by atoms with Crippen molar-refractivity contribution in [3.8, 4) is 11.3 Å². The van der Waals surface area contributed by atoms with Crippen LogP contribution >= 0.6 is 0 Å². The number of nitrogens with zero attached hydrogens (tertiary/aromatic N) is 2. The maximum Gasteiger partial charge on any atom is 0.308 e. The highest BCUT2D eigenvalue weighted by molar-refractivity contribution is 6.00. The van der Waals surface area contributed by atoms with Gasteiger partial charge < -0.3 is 14.2 Å². The summed E-state index contributed by atoms with van der Waals surface area (Å²) in [5, 5.41) is 4.10. The third kappa shape index (κ3) is 3.79. The first-order chi connectivity index (χ1) is 12.6. The Morgan fingerprint density at radius 1 is 1.23 bits per heavy atom. The van der Waals surface area contributed by atoms with Crippen molar-refractivity contribution in [2.45, 2.75) is 33.1 Å². The van der Waals surface area contributed by atoms with Crippen molar-refractivity contribution in [1.82, 2.24) is 10.1 Å². The van der Waals surface area contributed by atoms with Crippen LogP contribution in [0.15, 0.2) is 34.9 Å². The Labute approximate surface area is 153 Å². The van der Waals surface area contributed by atoms with Gasteiger partial charge in [0.25, 0.3) is 5.91 Å². The number of esters is 1. The number of ether oxygens (including phenoxy) is 1. The van der Waals surface area contributed by atoms with Crippen molar-refractivity contribution < 1.29 is 18.8 Å². The molecule has 6 heteroatoms. The number of amides is 1. The quantitative estimate of drug-likeness (QED) is 0.785. The van der Waals surface area contributed by atoms with E-state index in [-0.39, 0.29) is 17.8 Å². The SMILES string of the molecule is CCOC(=O)C1CCCN(C(=O)c2c(-c3ccccc3)noc2C)CC1. The zero-order valence-corrected chi connectivity index (χ0v) is 15.2. The van der Waals surface area contributed by atoms with Gasteiger partial charge in [-0.3, -0.25) is 9.59 Å². The molecule has 2 aromatic rings. The molecule has 1 unspecified atom stereocenters. The van der Waals surface area contributed by atoms with E-state index in [4.69, 9.17) is 9.26 Å². The Balaban J connectivity index is 1.78. The molecule has 1 aliphatic rings. The van der Waals surface area contributed by atoms with Gasteiger partial charge in [-0.05, 0) is 33.1 Å². The summed E-state index contributed by atoms with van der Waals surface area (Å²) < 4.78 is 10.4. The van der Waals surface area contributed by atoms with Gasteiger partial charge in [0.1, 0.15) is 17.0 Å². The Hall–Kier alpha value is -2.63. The van der Waals surface area contributed by atoms with Crippen molar-refractivity contribution >= 4 is 11.9 Å². The van der Waals surface area contributed by atoms with Gasteiger partial charge in [-0.2, -0.15) is 0 Å². The summed E-state index contributed by atoms with van der Waals surface area (Å²) in [4.78, 5) is 26.9. The highest BCUT2D eigenvalue weighted by atomic mass is 16.5. The van der Waals surface area contributed by atoms with E-state index in [1.807, 2.05) is 37.3 Å². The van der Waals surface area contributed by atoms with Gasteiger partial charge in [0.15, 0.2) is 0 Å². The monoisotopic (exact) mass is 356 g/mol. The Kier molecular flexibility index (Phi) is 5.71. The van der Waals surface area contributed by atoms with Crippen molar-refractivity contribution in [2.75, 3.05) is 19.7 Å². The molecule has 1 aromatic carbocycles. The van der Waals surface area contributed by atoms with Gasteiger partial charge in [-0.1, -0.05) is 35.5 Å². The summed E-state index contributed by atoms with van der Waals surface area (Å²) >= 11 is 0. The van der Waals surface area contributed by atoms with Crippen LogP contribution in [-0.4, -0.2) is 41.6 Å². The van der Waals surface area contributed by atoms with Gasteiger partial charge in [0.2, 0.25) is 0 Å². The number of aromatic nitrogens is 1. The zero-order valence-electron chi connectivity index (χ0n) is 15.2. The van der Waals surface area contributed by atoms with Gasteiger partial charge in [0, 0.05) is 18.7 Å². The van der Waals surface area contributed by atoms with Crippen LogP contribution in [0.3, 0.4) is 0 Å². The van der Waals surface area contributed by atoms with Crippen LogP contribution in [0.25, 0.3) is 11.3 Å². The second-order valence-electron chi connectivity index (χ2n) is 6.50. The molecule has 1 amide bonds. The fraction of sp³-hybridized carbons (Fsp3) is 0.450. The van der Waals surface area contributed by atoms with E-state index in [1.54, 1.807) is 11.8 Å². The molecule has 6 nitrogen and oxygen atoms in total. The second kappa shape index (κ2) is 8.17. The molecule has 0 aliphatic carbocycles. The lowest BCUT2D eigenvalue weighted by atomic mass is 10.0. The van der Waals surface area contributed by atoms with Crippen LogP contribution in [0.4, 0.5) is 0 Å². The van der Waals surface area contributed by atoms with Crippen LogP contribution in [0.5, 0.6) is 0 Å². The number of likely N-dealkylation sites (tertiary alicyclic amines) is 1. The summed E-state index contributed by atoms with van der Waals surface area (Å²) in [6, 6.07) is 9.55. The second-order valence-corrected chi connectivity index (χ2v) is 6.50. The molecule has 0 saturated carbocycles. The standard InChI is InChI=1S/C20H24N2O4/c1-3-25-20(24)16-10-7-12-22(13-11-16)19(23)17-14(2)26-21-18(17)15-8-5-4-6-9-15/h4-6,8-9,16H,3,7,10-13H2,1-2H3. The molecule has 0 spiro atoms. The van der Waals surface area contributed by atoms with Crippen LogP contribution in [0, 0.1) is 12.8 Å². The van der Waals surface area contributed by atoms with E-state index >= 15 is 0 Å². The molecule has 1 saturated heterocycles. The van der Waals surface area contributed by atoms with E-state index in [9.17, 15) is 9.59 Å². The summed E-state index contributed by atoms with van der Waals surface area (Å²) in [6.45, 7) is 5.10. The van der Waals surface area contributed by atoms with Crippen molar-refractivity contribution in [2.24, 2.45) is 5.92 Å². The largest absolute Gasteiger partial charge is 0.466 e. The zero-order chi connectivity index (χ0) is 18.5. The Morgan fingerprint density at radius 3 is 2.73 bits per heavy atom. The predicted molar refractivity (Wildman–Crippen MR) is 96.6 cm³/mol. The third-order valence-electron chi connectivity index (χ3n) is 4.76. The first-order valence-corrected chi connectivity index (χ1v) is 9.09. The van der Waals surface area contributed by atoms with Gasteiger partial charge in [-0.15, -0.1) is 0 Å². The predicted octanol–water partition coefficient (Wildman–Crippen LogP) is 3.46. The molecule has 138 valence electrons. The van der Waals surface area contributed by atoms with E-state index in [0.717, 1.165) is 18.4 Å². The maximum absolute atomic E-state index is 13.1. The van der Waals surface area contributed by atoms with Crippen LogP contribution < -0.4 is 0 Å². The third-order valence-corrected chi connectivity index (χ3v) is 4.76. The lowest BCUT2D eigenvalue weighted by molar-refractivity contribution is -0.148. The lowest BCUT2D eigenvalue weighted by Gasteiger charge is -2.20. The molecular weight excluding hydrogens is 332 g/mol. The van der Waals surface area contributed by atoms with E-state index in [1.165, 1.54) is 0 Å². The highest BCUT2D eigenvalue weighted by Crippen LogP contribution is 2.28.